The Labute approximate surface area is 101 Å². The van der Waals surface area contributed by atoms with Crippen molar-refractivity contribution in [3.05, 3.63) is 24.3 Å². The fourth-order valence-electron chi connectivity index (χ4n) is 2.44. The SMILES string of the molecule is COc1cccc(NC2(C(=O)O)CC(C)C2)c1. The van der Waals surface area contributed by atoms with Gasteiger partial charge in [0.05, 0.1) is 7.11 Å². The van der Waals surface area contributed by atoms with Gasteiger partial charge >= 0.3 is 5.97 Å². The van der Waals surface area contributed by atoms with Crippen LogP contribution in [0.5, 0.6) is 5.75 Å². The van der Waals surface area contributed by atoms with Gasteiger partial charge in [-0.2, -0.15) is 0 Å². The Hall–Kier alpha value is -1.71. The van der Waals surface area contributed by atoms with Crippen LogP contribution in [0, 0.1) is 5.92 Å². The Morgan fingerprint density at radius 3 is 2.76 bits per heavy atom. The van der Waals surface area contributed by atoms with Crippen LogP contribution in [0.15, 0.2) is 24.3 Å². The highest BCUT2D eigenvalue weighted by Gasteiger charge is 2.48. The summed E-state index contributed by atoms with van der Waals surface area (Å²) in [5, 5.41) is 12.4. The van der Waals surface area contributed by atoms with Gasteiger partial charge in [-0.3, -0.25) is 0 Å². The van der Waals surface area contributed by atoms with Crippen LogP contribution in [-0.2, 0) is 4.79 Å². The van der Waals surface area contributed by atoms with E-state index in [2.05, 4.69) is 12.2 Å². The number of carboxylic acids is 1. The number of rotatable bonds is 4. The first-order valence-corrected chi connectivity index (χ1v) is 5.71. The number of hydrogen-bond acceptors (Lipinski definition) is 3. The van der Waals surface area contributed by atoms with Crippen molar-refractivity contribution in [2.75, 3.05) is 12.4 Å². The Morgan fingerprint density at radius 1 is 1.53 bits per heavy atom. The summed E-state index contributed by atoms with van der Waals surface area (Å²) in [4.78, 5) is 11.3. The van der Waals surface area contributed by atoms with Gasteiger partial charge in [-0.15, -0.1) is 0 Å². The van der Waals surface area contributed by atoms with Crippen LogP contribution in [0.25, 0.3) is 0 Å². The van der Waals surface area contributed by atoms with E-state index in [1.165, 1.54) is 0 Å². The molecule has 1 aliphatic carbocycles. The first kappa shape index (κ1) is 11.8. The smallest absolute Gasteiger partial charge is 0.329 e. The largest absolute Gasteiger partial charge is 0.497 e. The third-order valence-corrected chi connectivity index (χ3v) is 3.26. The second-order valence-corrected chi connectivity index (χ2v) is 4.76. The van der Waals surface area contributed by atoms with Crippen LogP contribution in [0.1, 0.15) is 19.8 Å². The van der Waals surface area contributed by atoms with Crippen molar-refractivity contribution in [2.45, 2.75) is 25.3 Å². The van der Waals surface area contributed by atoms with Crippen LogP contribution in [0.3, 0.4) is 0 Å². The molecule has 0 aromatic heterocycles. The third kappa shape index (κ3) is 2.20. The highest BCUT2D eigenvalue weighted by molar-refractivity contribution is 5.84. The summed E-state index contributed by atoms with van der Waals surface area (Å²) in [5.74, 6) is 0.408. The average molecular weight is 235 g/mol. The molecule has 1 aromatic rings. The van der Waals surface area contributed by atoms with Gasteiger partial charge in [0.1, 0.15) is 11.3 Å². The Kier molecular flexibility index (Phi) is 2.96. The topological polar surface area (TPSA) is 58.6 Å². The van der Waals surface area contributed by atoms with E-state index in [0.29, 0.717) is 18.8 Å². The number of carbonyl (C=O) groups is 1. The van der Waals surface area contributed by atoms with E-state index >= 15 is 0 Å². The predicted molar refractivity (Wildman–Crippen MR) is 65.4 cm³/mol. The van der Waals surface area contributed by atoms with Crippen molar-refractivity contribution in [3.63, 3.8) is 0 Å². The maximum Gasteiger partial charge on any atom is 0.329 e. The highest BCUT2D eigenvalue weighted by atomic mass is 16.5. The molecule has 0 atom stereocenters. The van der Waals surface area contributed by atoms with Crippen molar-refractivity contribution >= 4 is 11.7 Å². The van der Waals surface area contributed by atoms with Gasteiger partial charge in [-0.1, -0.05) is 13.0 Å². The first-order chi connectivity index (χ1) is 8.05. The molecule has 1 aliphatic rings. The zero-order valence-electron chi connectivity index (χ0n) is 10.1. The second kappa shape index (κ2) is 4.28. The van der Waals surface area contributed by atoms with Crippen LogP contribution in [0.4, 0.5) is 5.69 Å². The van der Waals surface area contributed by atoms with Crippen molar-refractivity contribution < 1.29 is 14.6 Å². The number of carboxylic acid groups (broad SMARTS) is 1. The molecule has 0 radical (unpaired) electrons. The third-order valence-electron chi connectivity index (χ3n) is 3.26. The number of hydrogen-bond donors (Lipinski definition) is 2. The molecule has 92 valence electrons. The molecule has 0 aliphatic heterocycles. The molecule has 0 amide bonds. The zero-order valence-corrected chi connectivity index (χ0v) is 10.1. The number of methoxy groups -OCH3 is 1. The van der Waals surface area contributed by atoms with Crippen molar-refractivity contribution in [1.29, 1.82) is 0 Å². The molecule has 0 heterocycles. The minimum atomic E-state index is -0.800. The number of aliphatic carboxylic acids is 1. The molecule has 2 N–H and O–H groups in total. The molecule has 0 spiro atoms. The van der Waals surface area contributed by atoms with E-state index < -0.39 is 11.5 Å². The van der Waals surface area contributed by atoms with E-state index in [4.69, 9.17) is 4.74 Å². The van der Waals surface area contributed by atoms with Gasteiger partial charge < -0.3 is 15.2 Å². The number of anilines is 1. The molecular weight excluding hydrogens is 218 g/mol. The Bertz CT molecular complexity index is 424. The van der Waals surface area contributed by atoms with Gasteiger partial charge in [0.15, 0.2) is 0 Å². The molecule has 4 nitrogen and oxygen atoms in total. The lowest BCUT2D eigenvalue weighted by molar-refractivity contribution is -0.147. The average Bonchev–Trinajstić information content (AvgIpc) is 2.26. The molecule has 0 bridgehead atoms. The second-order valence-electron chi connectivity index (χ2n) is 4.76. The summed E-state index contributed by atoms with van der Waals surface area (Å²) in [6.07, 6.45) is 1.33. The molecule has 1 saturated carbocycles. The Morgan fingerprint density at radius 2 is 2.24 bits per heavy atom. The molecular formula is C13H17NO3. The maximum atomic E-state index is 11.3. The van der Waals surface area contributed by atoms with E-state index in [-0.39, 0.29) is 0 Å². The molecule has 17 heavy (non-hydrogen) atoms. The summed E-state index contributed by atoms with van der Waals surface area (Å²) in [5.41, 5.74) is -0.00940. The number of ether oxygens (including phenoxy) is 1. The fourth-order valence-corrected chi connectivity index (χ4v) is 2.44. The van der Waals surface area contributed by atoms with Gasteiger partial charge in [0.25, 0.3) is 0 Å². The van der Waals surface area contributed by atoms with Crippen molar-refractivity contribution in [2.24, 2.45) is 5.92 Å². The predicted octanol–water partition coefficient (Wildman–Crippen LogP) is 2.36. The van der Waals surface area contributed by atoms with Crippen LogP contribution in [-0.4, -0.2) is 23.7 Å². The van der Waals surface area contributed by atoms with E-state index in [1.807, 2.05) is 24.3 Å². The van der Waals surface area contributed by atoms with Gasteiger partial charge in [0.2, 0.25) is 0 Å². The number of nitrogens with one attached hydrogen (secondary N) is 1. The molecule has 1 aromatic carbocycles. The van der Waals surface area contributed by atoms with E-state index in [1.54, 1.807) is 7.11 Å². The van der Waals surface area contributed by atoms with Gasteiger partial charge in [-0.25, -0.2) is 4.79 Å². The maximum absolute atomic E-state index is 11.3. The van der Waals surface area contributed by atoms with Gasteiger partial charge in [0, 0.05) is 11.8 Å². The van der Waals surface area contributed by atoms with Crippen LogP contribution < -0.4 is 10.1 Å². The minimum Gasteiger partial charge on any atom is -0.497 e. The quantitative estimate of drug-likeness (QED) is 0.841. The molecule has 1 fully saturated rings. The zero-order chi connectivity index (χ0) is 12.5. The van der Waals surface area contributed by atoms with Crippen molar-refractivity contribution in [3.8, 4) is 5.75 Å². The van der Waals surface area contributed by atoms with Crippen molar-refractivity contribution in [1.82, 2.24) is 0 Å². The molecule has 0 saturated heterocycles. The fraction of sp³-hybridized carbons (Fsp3) is 0.462. The summed E-state index contributed by atoms with van der Waals surface area (Å²) >= 11 is 0. The molecule has 2 rings (SSSR count). The lowest BCUT2D eigenvalue weighted by Crippen LogP contribution is -2.55. The van der Waals surface area contributed by atoms with E-state index in [9.17, 15) is 9.90 Å². The summed E-state index contributed by atoms with van der Waals surface area (Å²) in [6, 6.07) is 7.35. The first-order valence-electron chi connectivity index (χ1n) is 5.71. The van der Waals surface area contributed by atoms with Crippen LogP contribution >= 0.6 is 0 Å². The van der Waals surface area contributed by atoms with Crippen LogP contribution in [0.2, 0.25) is 0 Å². The summed E-state index contributed by atoms with van der Waals surface area (Å²) < 4.78 is 5.12. The summed E-state index contributed by atoms with van der Waals surface area (Å²) in [6.45, 7) is 2.06. The lowest BCUT2D eigenvalue weighted by atomic mass is 9.69. The normalized spacial score (nSPS) is 27.1. The lowest BCUT2D eigenvalue weighted by Gasteiger charge is -2.44. The summed E-state index contributed by atoms with van der Waals surface area (Å²) in [7, 11) is 1.59. The standard InChI is InChI=1S/C13H17NO3/c1-9-7-13(8-9,12(15)16)14-10-4-3-5-11(6-10)17-2/h3-6,9,14H,7-8H2,1-2H3,(H,15,16). The minimum absolute atomic E-state index is 0.462. The Balaban J connectivity index is 2.16. The highest BCUT2D eigenvalue weighted by Crippen LogP contribution is 2.40. The van der Waals surface area contributed by atoms with Gasteiger partial charge in [-0.05, 0) is 30.9 Å². The molecule has 0 unspecified atom stereocenters. The van der Waals surface area contributed by atoms with E-state index in [0.717, 1.165) is 11.4 Å². The molecule has 4 heteroatoms. The number of benzene rings is 1. The monoisotopic (exact) mass is 235 g/mol.